The SMILES string of the molecule is NCC#Cc1cn([C@H]2CC[C@@H](COP(=O)(O)OP(=O)(O)OP(=O)(O)O)O2)c2nc(N)[nH]c(=O)c12. The maximum absolute atomic E-state index is 12.4. The molecule has 1 saturated heterocycles. The van der Waals surface area contributed by atoms with Crippen molar-refractivity contribution < 1.29 is 51.2 Å². The van der Waals surface area contributed by atoms with Gasteiger partial charge in [-0.1, -0.05) is 11.8 Å². The van der Waals surface area contributed by atoms with E-state index < -0.39 is 48.0 Å². The first kappa shape index (κ1) is 26.7. The number of hydrogen-bond acceptors (Lipinski definition) is 11. The van der Waals surface area contributed by atoms with Crippen molar-refractivity contribution in [2.75, 3.05) is 18.9 Å². The third-order valence-electron chi connectivity index (χ3n) is 4.26. The molecule has 20 heteroatoms. The molecule has 3 heterocycles. The lowest BCUT2D eigenvalue weighted by Crippen LogP contribution is -2.17. The Kier molecular flexibility index (Phi) is 7.86. The second kappa shape index (κ2) is 10.00. The number of nitrogens with two attached hydrogens (primary N) is 2. The first-order chi connectivity index (χ1) is 15.7. The maximum Gasteiger partial charge on any atom is 0.490 e. The predicted octanol–water partition coefficient (Wildman–Crippen LogP) is -0.362. The van der Waals surface area contributed by atoms with E-state index in [1.54, 1.807) is 0 Å². The maximum atomic E-state index is 12.4. The number of nitrogen functional groups attached to an aromatic ring is 1. The lowest BCUT2D eigenvalue weighted by atomic mass is 10.2. The number of aromatic nitrogens is 3. The highest BCUT2D eigenvalue weighted by Gasteiger charge is 2.41. The molecule has 2 aromatic rings. The van der Waals surface area contributed by atoms with Crippen LogP contribution in [0.3, 0.4) is 0 Å². The number of ether oxygens (including phenoxy) is 1. The fraction of sp³-hybridized carbons (Fsp3) is 0.429. The van der Waals surface area contributed by atoms with E-state index in [-0.39, 0.29) is 29.9 Å². The fourth-order valence-corrected chi connectivity index (χ4v) is 6.18. The molecule has 2 unspecified atom stereocenters. The molecular weight excluding hydrogens is 523 g/mol. The van der Waals surface area contributed by atoms with Crippen LogP contribution in [-0.4, -0.2) is 53.4 Å². The Morgan fingerprint density at radius 1 is 1.21 bits per heavy atom. The van der Waals surface area contributed by atoms with Gasteiger partial charge in [0.2, 0.25) is 5.95 Å². The Balaban J connectivity index is 1.73. The minimum atomic E-state index is -5.62. The molecule has 0 aromatic carbocycles. The number of H-pyrrole nitrogens is 1. The number of nitrogens with one attached hydrogen (secondary N) is 1. The Morgan fingerprint density at radius 3 is 2.56 bits per heavy atom. The molecule has 17 nitrogen and oxygen atoms in total. The molecule has 0 saturated carbocycles. The van der Waals surface area contributed by atoms with Crippen molar-refractivity contribution in [1.82, 2.24) is 14.5 Å². The van der Waals surface area contributed by atoms with Gasteiger partial charge in [0.1, 0.15) is 6.23 Å². The summed E-state index contributed by atoms with van der Waals surface area (Å²) in [6, 6.07) is 0. The van der Waals surface area contributed by atoms with Crippen molar-refractivity contribution in [2.45, 2.75) is 25.2 Å². The highest BCUT2D eigenvalue weighted by Crippen LogP contribution is 2.66. The molecule has 0 radical (unpaired) electrons. The van der Waals surface area contributed by atoms with Gasteiger partial charge in [0.05, 0.1) is 30.2 Å². The van der Waals surface area contributed by atoms with Gasteiger partial charge in [0.25, 0.3) is 5.56 Å². The summed E-state index contributed by atoms with van der Waals surface area (Å²) in [5, 5.41) is 0.162. The van der Waals surface area contributed by atoms with E-state index in [4.69, 9.17) is 26.0 Å². The van der Waals surface area contributed by atoms with E-state index in [0.717, 1.165) is 0 Å². The molecule has 1 aliphatic rings. The summed E-state index contributed by atoms with van der Waals surface area (Å²) in [6.07, 6.45) is 0.615. The van der Waals surface area contributed by atoms with Gasteiger partial charge in [0, 0.05) is 6.20 Å². The topological polar surface area (TPSA) is 272 Å². The summed E-state index contributed by atoms with van der Waals surface area (Å²) in [4.78, 5) is 54.7. The van der Waals surface area contributed by atoms with E-state index in [9.17, 15) is 28.3 Å². The summed E-state index contributed by atoms with van der Waals surface area (Å²) in [7, 11) is -16.4. The third kappa shape index (κ3) is 6.83. The van der Waals surface area contributed by atoms with Crippen LogP contribution in [0.2, 0.25) is 0 Å². The molecular formula is C14H20N5O12P3. The number of nitrogens with zero attached hydrogens (tertiary/aromatic N) is 2. The minimum Gasteiger partial charge on any atom is -0.369 e. The average molecular weight is 543 g/mol. The molecule has 0 amide bonds. The van der Waals surface area contributed by atoms with E-state index in [1.807, 2.05) is 0 Å². The molecule has 34 heavy (non-hydrogen) atoms. The smallest absolute Gasteiger partial charge is 0.369 e. The Hall–Kier alpha value is -1.89. The Labute approximate surface area is 190 Å². The number of anilines is 1. The number of aromatic amines is 1. The van der Waals surface area contributed by atoms with Gasteiger partial charge in [-0.2, -0.15) is 13.6 Å². The molecule has 4 atom stereocenters. The van der Waals surface area contributed by atoms with Gasteiger partial charge in [-0.25, -0.2) is 13.7 Å². The monoisotopic (exact) mass is 543 g/mol. The van der Waals surface area contributed by atoms with Gasteiger partial charge in [-0.15, -0.1) is 0 Å². The standard InChI is InChI=1S/C14H20N5O12P3/c15-5-1-2-8-6-19(12-11(8)13(20)18-14(16)17-12)10-4-3-9(29-10)7-28-33(24,25)31-34(26,27)30-32(21,22)23/h6,9-10H,3-5,7,15H2,(H,24,25)(H,26,27)(H2,21,22,23)(H3,16,17,18,20)/t9-,10+/m0/s1. The summed E-state index contributed by atoms with van der Waals surface area (Å²) in [6.45, 7) is -0.551. The number of phosphoric acid groups is 3. The fourth-order valence-electron chi connectivity index (χ4n) is 3.13. The Bertz CT molecular complexity index is 1340. The largest absolute Gasteiger partial charge is 0.490 e. The molecule has 188 valence electrons. The first-order valence-corrected chi connectivity index (χ1v) is 13.7. The lowest BCUT2D eigenvalue weighted by Gasteiger charge is -2.19. The molecule has 1 aliphatic heterocycles. The zero-order valence-electron chi connectivity index (χ0n) is 17.0. The highest BCUT2D eigenvalue weighted by atomic mass is 31.3. The zero-order valence-corrected chi connectivity index (χ0v) is 19.7. The third-order valence-corrected chi connectivity index (χ3v) is 8.06. The van der Waals surface area contributed by atoms with Crippen molar-refractivity contribution in [3.05, 3.63) is 22.1 Å². The molecule has 3 rings (SSSR count). The summed E-state index contributed by atoms with van der Waals surface area (Å²) in [5.41, 5.74) is 11.0. The summed E-state index contributed by atoms with van der Waals surface area (Å²) < 4.78 is 53.1. The van der Waals surface area contributed by atoms with Gasteiger partial charge in [-0.3, -0.25) is 14.3 Å². The molecule has 0 spiro atoms. The number of fused-ring (bicyclic) bond motifs is 1. The van der Waals surface area contributed by atoms with E-state index in [2.05, 4.69) is 35.0 Å². The van der Waals surface area contributed by atoms with Crippen molar-refractivity contribution in [3.63, 3.8) is 0 Å². The summed E-state index contributed by atoms with van der Waals surface area (Å²) in [5.74, 6) is 5.26. The molecule has 1 fully saturated rings. The average Bonchev–Trinajstić information content (AvgIpc) is 3.26. The number of rotatable bonds is 8. The minimum absolute atomic E-state index is 0.0512. The number of phosphoric ester groups is 1. The van der Waals surface area contributed by atoms with Gasteiger partial charge >= 0.3 is 23.5 Å². The Morgan fingerprint density at radius 2 is 1.91 bits per heavy atom. The molecule has 9 N–H and O–H groups in total. The van der Waals surface area contributed by atoms with Crippen molar-refractivity contribution in [3.8, 4) is 11.8 Å². The molecule has 2 aromatic heterocycles. The quantitative estimate of drug-likeness (QED) is 0.165. The number of hydrogen-bond donors (Lipinski definition) is 7. The van der Waals surface area contributed by atoms with Gasteiger partial charge in [-0.05, 0) is 12.8 Å². The molecule has 0 aliphatic carbocycles. The van der Waals surface area contributed by atoms with Crippen LogP contribution in [0.1, 0.15) is 24.6 Å². The normalized spacial score (nSPS) is 22.1. The van der Waals surface area contributed by atoms with Crippen LogP contribution in [0.25, 0.3) is 11.0 Å². The van der Waals surface area contributed by atoms with Gasteiger partial charge in [0.15, 0.2) is 5.65 Å². The van der Waals surface area contributed by atoms with Crippen LogP contribution in [0.5, 0.6) is 0 Å². The van der Waals surface area contributed by atoms with Crippen LogP contribution in [-0.2, 0) is 31.6 Å². The van der Waals surface area contributed by atoms with E-state index in [1.165, 1.54) is 10.8 Å². The van der Waals surface area contributed by atoms with Crippen molar-refractivity contribution in [2.24, 2.45) is 5.73 Å². The summed E-state index contributed by atoms with van der Waals surface area (Å²) >= 11 is 0. The van der Waals surface area contributed by atoms with E-state index in [0.29, 0.717) is 12.0 Å². The van der Waals surface area contributed by atoms with Gasteiger partial charge < -0.3 is 40.3 Å². The first-order valence-electron chi connectivity index (χ1n) is 9.23. The second-order valence-electron chi connectivity index (χ2n) is 6.78. The lowest BCUT2D eigenvalue weighted by molar-refractivity contribution is -0.0202. The van der Waals surface area contributed by atoms with Crippen molar-refractivity contribution >= 4 is 40.4 Å². The van der Waals surface area contributed by atoms with Crippen molar-refractivity contribution in [1.29, 1.82) is 0 Å². The highest BCUT2D eigenvalue weighted by molar-refractivity contribution is 7.66. The van der Waals surface area contributed by atoms with Crippen LogP contribution in [0.4, 0.5) is 5.95 Å². The van der Waals surface area contributed by atoms with Crippen LogP contribution < -0.4 is 17.0 Å². The zero-order chi connectivity index (χ0) is 25.3. The predicted molar refractivity (Wildman–Crippen MR) is 114 cm³/mol. The van der Waals surface area contributed by atoms with Crippen LogP contribution in [0, 0.1) is 11.8 Å². The van der Waals surface area contributed by atoms with Crippen LogP contribution in [0.15, 0.2) is 11.0 Å². The molecule has 0 bridgehead atoms. The van der Waals surface area contributed by atoms with Crippen LogP contribution >= 0.6 is 23.5 Å². The van der Waals surface area contributed by atoms with E-state index >= 15 is 0 Å². The second-order valence-corrected chi connectivity index (χ2v) is 11.2.